The molecule has 4 aliphatic heterocycles. The molecular formula is C87H118B3F12I2N12O4S3+. The second kappa shape index (κ2) is 51.5. The second-order valence-electron chi connectivity index (χ2n) is 31.3. The minimum Gasteiger partial charge on any atom is -1.00 e. The molecule has 0 atom stereocenters. The van der Waals surface area contributed by atoms with Crippen LogP contribution in [0.5, 0.6) is 0 Å². The van der Waals surface area contributed by atoms with Crippen molar-refractivity contribution >= 4 is 143 Å². The van der Waals surface area contributed by atoms with Crippen molar-refractivity contribution in [3.63, 3.8) is 0 Å². The number of benzene rings is 6. The summed E-state index contributed by atoms with van der Waals surface area (Å²) in [5.41, 5.74) is 14.3. The highest BCUT2D eigenvalue weighted by molar-refractivity contribution is 8.04. The number of hydrogen-bond donors (Lipinski definition) is 1. The van der Waals surface area contributed by atoms with Crippen LogP contribution >= 0.6 is 35.3 Å². The first kappa shape index (κ1) is 110. The summed E-state index contributed by atoms with van der Waals surface area (Å²) in [7, 11) is 15.5. The normalized spacial score (nSPS) is 15.7. The van der Waals surface area contributed by atoms with Crippen molar-refractivity contribution in [3.8, 4) is 0 Å². The predicted molar refractivity (Wildman–Crippen MR) is 483 cm³/mol. The molecule has 0 saturated carbocycles. The van der Waals surface area contributed by atoms with E-state index in [1.165, 1.54) is 80.4 Å². The van der Waals surface area contributed by atoms with Gasteiger partial charge in [-0.3, -0.25) is 38.8 Å². The Bertz CT molecular complexity index is 5140. The van der Waals surface area contributed by atoms with Crippen molar-refractivity contribution in [2.45, 2.75) is 69.1 Å². The first-order chi connectivity index (χ1) is 56.0. The second-order valence-corrected chi connectivity index (χ2v) is 34.5. The van der Waals surface area contributed by atoms with E-state index < -0.39 is 22.6 Å². The molecule has 0 aliphatic carbocycles. The van der Waals surface area contributed by atoms with Crippen molar-refractivity contribution in [2.24, 2.45) is 0 Å². The Morgan fingerprint density at radius 1 is 0.472 bits per heavy atom. The van der Waals surface area contributed by atoms with Crippen LogP contribution in [-0.4, -0.2) is 231 Å². The summed E-state index contributed by atoms with van der Waals surface area (Å²) in [6.45, 7) is 28.1. The fourth-order valence-electron chi connectivity index (χ4n) is 14.4. The Kier molecular flexibility index (Phi) is 46.0. The number of thioether (sulfide) groups is 3. The van der Waals surface area contributed by atoms with Crippen molar-refractivity contribution in [2.75, 3.05) is 219 Å². The van der Waals surface area contributed by atoms with Crippen molar-refractivity contribution in [1.82, 2.24) is 13.7 Å². The Balaban J connectivity index is 0.000000437. The number of fused-ring (bicyclic) bond motifs is 6. The number of hydrogen-bond acceptors (Lipinski definition) is 13. The fraction of sp³-hybridized carbons (Fsp3) is 0.414. The van der Waals surface area contributed by atoms with Crippen LogP contribution in [0.1, 0.15) is 71.3 Å². The van der Waals surface area contributed by atoms with Crippen LogP contribution in [0.25, 0.3) is 51.1 Å². The minimum atomic E-state index is -3.67. The van der Waals surface area contributed by atoms with E-state index in [4.69, 9.17) is 13.3 Å². The zero-order valence-electron chi connectivity index (χ0n) is 73.6. The van der Waals surface area contributed by atoms with Crippen molar-refractivity contribution in [3.05, 3.63) is 194 Å². The number of para-hydroxylation sites is 3. The van der Waals surface area contributed by atoms with Crippen LogP contribution < -0.4 is 122 Å². The lowest BCUT2D eigenvalue weighted by atomic mass is 10.1. The van der Waals surface area contributed by atoms with Crippen LogP contribution in [0.4, 0.5) is 73.0 Å². The van der Waals surface area contributed by atoms with Crippen LogP contribution in [0, 0.1) is 0 Å². The Morgan fingerprint density at radius 3 is 1.18 bits per heavy atom. The smallest absolute Gasteiger partial charge is 0.762 e. The highest BCUT2D eigenvalue weighted by atomic mass is 127. The van der Waals surface area contributed by atoms with Gasteiger partial charge in [0.05, 0.1) is 138 Å². The molecule has 0 spiro atoms. The summed E-state index contributed by atoms with van der Waals surface area (Å²) in [4.78, 5) is 17.8. The van der Waals surface area contributed by atoms with Gasteiger partial charge in [-0.25, -0.2) is 9.15 Å². The Morgan fingerprint density at radius 2 is 0.813 bits per heavy atom. The number of quaternary nitrogens is 3. The van der Waals surface area contributed by atoms with Crippen LogP contribution in [0.3, 0.4) is 0 Å². The third-order valence-electron chi connectivity index (χ3n) is 21.0. The topological polar surface area (TPSA) is 88.1 Å². The summed E-state index contributed by atoms with van der Waals surface area (Å²) in [5, 5.41) is 17.8. The molecule has 674 valence electrons. The molecule has 0 radical (unpaired) electrons. The van der Waals surface area contributed by atoms with Crippen LogP contribution in [-0.2, 0) is 0 Å². The van der Waals surface area contributed by atoms with Gasteiger partial charge in [0.15, 0.2) is 19.6 Å². The first-order valence-electron chi connectivity index (χ1n) is 40.2. The van der Waals surface area contributed by atoms with Gasteiger partial charge in [-0.2, -0.15) is 4.58 Å². The fourth-order valence-corrected chi connectivity index (χ4v) is 17.7. The van der Waals surface area contributed by atoms with E-state index in [2.05, 4.69) is 333 Å². The third kappa shape index (κ3) is 31.6. The highest BCUT2D eigenvalue weighted by Gasteiger charge is 2.33. The molecule has 3 aromatic heterocycles. The van der Waals surface area contributed by atoms with E-state index in [1.54, 1.807) is 11.8 Å². The first-order valence-corrected chi connectivity index (χ1v) is 42.6. The number of likely N-dealkylation sites (N-methyl/N-ethyl adjacent to an activating group) is 1. The number of rotatable bonds is 22. The molecule has 1 N–H and O–H groups in total. The standard InChI is InChI=1S/C29H38N4O2S.2C29H40N4OS.3BF3.3FH.2HI/c1-5-31(6-2)23-11-12-24-22(20-29-30(3)25-9-7-8-10-27(25)36-29)19-28(35-26(24)21-23)32-13-15-33(4,16-14-32)17-18-34;1-8-32(9-2)23-15-16-24-22(20-29-31(4)25-13-10-11-14-27(25)35-29)19-28(34-26(24)21-23)30(3)17-12-18-33(5,6)7;1-8-32(9-2)22-15-16-24-26(30(3)17-12-18-33(5,6)7)20-23(34-27(24)19-22)21-29-31(4)25-13-10-11-14-28(25)35-29;3*2-1(3)4;;;;;/h7-12,19-21,34H,5-6,13-18H2,1-4H3;2*10-11,13-16,19-21H,8-9,12,17-18H2,1-7H3;;;;5*1H/q3*+2;;;;;;;;/p-5. The predicted octanol–water partition coefficient (Wildman–Crippen LogP) is 2.34. The molecule has 4 aliphatic rings. The maximum absolute atomic E-state index is 9.67. The van der Waals surface area contributed by atoms with E-state index in [9.17, 15) is 43.9 Å². The lowest BCUT2D eigenvalue weighted by molar-refractivity contribution is -0.912. The molecule has 0 amide bonds. The van der Waals surface area contributed by atoms with Gasteiger partial charge in [-0.05, 0) is 138 Å². The molecule has 123 heavy (non-hydrogen) atoms. The molecule has 13 rings (SSSR count). The van der Waals surface area contributed by atoms with E-state index in [1.807, 2.05) is 23.5 Å². The van der Waals surface area contributed by atoms with Gasteiger partial charge in [0.25, 0.3) is 0 Å². The Labute approximate surface area is 765 Å². The number of aliphatic hydroxyl groups is 1. The van der Waals surface area contributed by atoms with Gasteiger partial charge in [-0.15, -0.1) is 0 Å². The average Bonchev–Trinajstić information content (AvgIpc) is 1.76. The maximum Gasteiger partial charge on any atom is 0.762 e. The van der Waals surface area contributed by atoms with Gasteiger partial charge in [0, 0.05) is 127 Å². The zero-order valence-corrected chi connectivity index (χ0v) is 80.4. The summed E-state index contributed by atoms with van der Waals surface area (Å²) >= 11 is 5.44. The Hall–Kier alpha value is -7.33. The molecule has 9 aromatic rings. The van der Waals surface area contributed by atoms with Gasteiger partial charge < -0.3 is 123 Å². The van der Waals surface area contributed by atoms with Gasteiger partial charge in [0.2, 0.25) is 5.36 Å². The molecule has 1 saturated heterocycles. The number of anilines is 6. The SMILES string of the molecule is CCN(CC)c1ccc2c(/C=C3\Sc4ccccc4N3C)cc(=[N+](C)CCC[N+](C)(C)C)oc2c1.CCN(CC)c1ccc2c(/C=C3\Sc4ccccc4N3C)cc(=[N+]3CC[N+](C)(CCO)CC3)oc2c1.CCN(CC)c1ccc2c(=[N+](C)CCC[N+](C)(C)C)cc(/C=C3\Sc4ccccc4N3C)oc2c1.FB(F)F.FB(F)F.FB(F)F.[F-].[F-].[F-].[I-].[I-]. The summed E-state index contributed by atoms with van der Waals surface area (Å²) in [6, 6.07) is 52.2. The van der Waals surface area contributed by atoms with E-state index in [0.717, 1.165) is 174 Å². The molecule has 0 bridgehead atoms. The zero-order chi connectivity index (χ0) is 86.3. The van der Waals surface area contributed by atoms with Crippen molar-refractivity contribution in [1.29, 1.82) is 0 Å². The number of aliphatic hydroxyl groups excluding tert-OH is 1. The molecular weight excluding hydrogens is 1890 g/mol. The van der Waals surface area contributed by atoms with E-state index in [-0.39, 0.29) is 68.7 Å². The lowest BCUT2D eigenvalue weighted by Crippen LogP contribution is -3.00. The molecule has 1 fully saturated rings. The average molecular weight is 2010 g/mol. The monoisotopic (exact) mass is 2010 g/mol. The van der Waals surface area contributed by atoms with Crippen molar-refractivity contribution < 1.29 is 133 Å². The molecule has 16 nitrogen and oxygen atoms in total. The third-order valence-corrected chi connectivity index (χ3v) is 24.5. The minimum absolute atomic E-state index is 0. The van der Waals surface area contributed by atoms with Gasteiger partial charge in [0.1, 0.15) is 62.8 Å². The summed E-state index contributed by atoms with van der Waals surface area (Å²) in [5.74, 6) is 0.879. The summed E-state index contributed by atoms with van der Waals surface area (Å²) < 4.78 is 117. The van der Waals surface area contributed by atoms with Crippen LogP contribution in [0.2, 0.25) is 0 Å². The number of nitrogens with zero attached hydrogens (tertiary/aromatic N) is 12. The van der Waals surface area contributed by atoms with E-state index >= 15 is 0 Å². The molecule has 7 heterocycles. The van der Waals surface area contributed by atoms with Gasteiger partial charge in [-0.1, -0.05) is 71.7 Å². The highest BCUT2D eigenvalue weighted by Crippen LogP contribution is 2.48. The van der Waals surface area contributed by atoms with E-state index in [0.29, 0.717) is 0 Å². The largest absolute Gasteiger partial charge is 1.00 e. The van der Waals surface area contributed by atoms with Crippen LogP contribution in [0.15, 0.2) is 189 Å². The molecule has 36 heteroatoms. The molecule has 0 unspecified atom stereocenters. The number of halogens is 14. The van der Waals surface area contributed by atoms with Gasteiger partial charge >= 0.3 is 33.7 Å². The number of piperazine rings is 1. The quantitative estimate of drug-likeness (QED) is 0.0355. The molecule has 6 aromatic carbocycles. The summed E-state index contributed by atoms with van der Waals surface area (Å²) in [6.07, 6.45) is 9.03. The lowest BCUT2D eigenvalue weighted by Gasteiger charge is -2.35. The maximum atomic E-state index is 9.67.